The van der Waals surface area contributed by atoms with Crippen molar-refractivity contribution in [1.82, 2.24) is 14.8 Å². The Hall–Kier alpha value is -3.29. The first-order valence-corrected chi connectivity index (χ1v) is 8.60. The third kappa shape index (κ3) is 3.03. The number of ketones is 1. The highest BCUT2D eigenvalue weighted by atomic mass is 16.7. The second kappa shape index (κ2) is 6.46. The Morgan fingerprint density at radius 2 is 1.93 bits per heavy atom. The number of aromatic nitrogens is 1. The van der Waals surface area contributed by atoms with E-state index in [-0.39, 0.29) is 31.6 Å². The molecule has 0 spiro atoms. The lowest BCUT2D eigenvalue weighted by molar-refractivity contribution is -0.124. The van der Waals surface area contributed by atoms with Crippen molar-refractivity contribution in [1.29, 1.82) is 0 Å². The van der Waals surface area contributed by atoms with Crippen molar-refractivity contribution in [3.63, 3.8) is 0 Å². The average Bonchev–Trinajstić information content (AvgIpc) is 3.31. The molecule has 1 aromatic carbocycles. The molecule has 8 heteroatoms. The van der Waals surface area contributed by atoms with Crippen LogP contribution >= 0.6 is 0 Å². The van der Waals surface area contributed by atoms with Crippen molar-refractivity contribution in [2.24, 2.45) is 0 Å². The van der Waals surface area contributed by atoms with Crippen LogP contribution in [0.3, 0.4) is 0 Å². The number of benzene rings is 1. The Balaban J connectivity index is 1.55. The van der Waals surface area contributed by atoms with Crippen LogP contribution in [0.2, 0.25) is 0 Å². The molecule has 2 aliphatic heterocycles. The van der Waals surface area contributed by atoms with Crippen LogP contribution in [0.1, 0.15) is 27.3 Å². The molecule has 0 aliphatic carbocycles. The highest BCUT2D eigenvalue weighted by molar-refractivity contribution is 6.08. The summed E-state index contributed by atoms with van der Waals surface area (Å²) in [5.74, 6) is 0.793. The first kappa shape index (κ1) is 17.1. The fourth-order valence-corrected chi connectivity index (χ4v) is 3.39. The summed E-state index contributed by atoms with van der Waals surface area (Å²) in [6.45, 7) is 4.27. The van der Waals surface area contributed by atoms with Crippen LogP contribution in [0.25, 0.3) is 0 Å². The molecule has 1 saturated heterocycles. The van der Waals surface area contributed by atoms with Gasteiger partial charge in [-0.25, -0.2) is 4.79 Å². The Kier molecular flexibility index (Phi) is 4.10. The minimum atomic E-state index is -0.525. The molecular formula is C19H19N3O5. The summed E-state index contributed by atoms with van der Waals surface area (Å²) in [6.07, 6.45) is 0. The molecule has 140 valence electrons. The molecule has 0 bridgehead atoms. The van der Waals surface area contributed by atoms with E-state index in [9.17, 15) is 14.4 Å². The first-order valence-electron chi connectivity index (χ1n) is 8.60. The predicted octanol–water partition coefficient (Wildman–Crippen LogP) is 1.62. The van der Waals surface area contributed by atoms with E-state index in [0.29, 0.717) is 17.9 Å². The SMILES string of the molecule is Cc1cc(C(=O)CN2C(=O)CNC2=O)c(C)n1Cc1ccc2c(c1)OCO2. The maximum absolute atomic E-state index is 12.7. The number of nitrogens with one attached hydrogen (secondary N) is 1. The van der Waals surface area contributed by atoms with Gasteiger partial charge in [-0.2, -0.15) is 0 Å². The topological polar surface area (TPSA) is 89.9 Å². The van der Waals surface area contributed by atoms with Gasteiger partial charge in [-0.05, 0) is 37.6 Å². The summed E-state index contributed by atoms with van der Waals surface area (Å²) in [7, 11) is 0. The highest BCUT2D eigenvalue weighted by Crippen LogP contribution is 2.33. The Morgan fingerprint density at radius 1 is 1.15 bits per heavy atom. The van der Waals surface area contributed by atoms with Gasteiger partial charge in [0.15, 0.2) is 17.3 Å². The Bertz CT molecular complexity index is 946. The van der Waals surface area contributed by atoms with E-state index in [2.05, 4.69) is 5.32 Å². The molecular weight excluding hydrogens is 350 g/mol. The second-order valence-corrected chi connectivity index (χ2v) is 6.62. The molecule has 1 aromatic heterocycles. The molecule has 8 nitrogen and oxygen atoms in total. The predicted molar refractivity (Wildman–Crippen MR) is 95.0 cm³/mol. The Labute approximate surface area is 155 Å². The number of urea groups is 1. The first-order chi connectivity index (χ1) is 12.9. The lowest BCUT2D eigenvalue weighted by Crippen LogP contribution is -2.35. The molecule has 0 unspecified atom stereocenters. The number of rotatable bonds is 5. The molecule has 0 radical (unpaired) electrons. The molecule has 1 fully saturated rings. The molecule has 0 saturated carbocycles. The molecule has 4 rings (SSSR count). The van der Waals surface area contributed by atoms with Crippen LogP contribution in [0.5, 0.6) is 11.5 Å². The zero-order valence-electron chi connectivity index (χ0n) is 15.1. The van der Waals surface area contributed by atoms with Gasteiger partial charge in [0.05, 0.1) is 13.1 Å². The summed E-state index contributed by atoms with van der Waals surface area (Å²) in [5, 5.41) is 2.42. The second-order valence-electron chi connectivity index (χ2n) is 6.62. The summed E-state index contributed by atoms with van der Waals surface area (Å²) in [4.78, 5) is 37.0. The van der Waals surface area contributed by atoms with E-state index in [1.54, 1.807) is 6.07 Å². The summed E-state index contributed by atoms with van der Waals surface area (Å²) >= 11 is 0. The summed E-state index contributed by atoms with van der Waals surface area (Å²) < 4.78 is 12.8. The maximum atomic E-state index is 12.7. The van der Waals surface area contributed by atoms with Gasteiger partial charge < -0.3 is 19.4 Å². The number of aryl methyl sites for hydroxylation is 1. The van der Waals surface area contributed by atoms with Crippen LogP contribution in [0.4, 0.5) is 4.79 Å². The van der Waals surface area contributed by atoms with Crippen molar-refractivity contribution in [3.8, 4) is 11.5 Å². The lowest BCUT2D eigenvalue weighted by Gasteiger charge is -2.12. The molecule has 0 atom stereocenters. The maximum Gasteiger partial charge on any atom is 0.325 e. The van der Waals surface area contributed by atoms with Gasteiger partial charge in [-0.15, -0.1) is 0 Å². The number of Topliss-reactive ketones (excluding diaryl/α,β-unsaturated/α-hetero) is 1. The fraction of sp³-hybridized carbons (Fsp3) is 0.316. The van der Waals surface area contributed by atoms with Gasteiger partial charge in [0, 0.05) is 23.5 Å². The molecule has 2 aromatic rings. The normalized spacial score (nSPS) is 15.4. The summed E-state index contributed by atoms with van der Waals surface area (Å²) in [6, 6.07) is 7.03. The largest absolute Gasteiger partial charge is 0.454 e. The monoisotopic (exact) mass is 369 g/mol. The number of carbonyl (C=O) groups is 3. The van der Waals surface area contributed by atoms with E-state index < -0.39 is 6.03 Å². The van der Waals surface area contributed by atoms with Crippen LogP contribution in [-0.4, -0.2) is 47.1 Å². The number of hydrogen-bond acceptors (Lipinski definition) is 5. The fourth-order valence-electron chi connectivity index (χ4n) is 3.39. The van der Waals surface area contributed by atoms with Crippen LogP contribution < -0.4 is 14.8 Å². The number of nitrogens with zero attached hydrogens (tertiary/aromatic N) is 2. The van der Waals surface area contributed by atoms with Crippen LogP contribution in [0, 0.1) is 13.8 Å². The molecule has 1 N–H and O–H groups in total. The van der Waals surface area contributed by atoms with E-state index >= 15 is 0 Å². The number of hydrogen-bond donors (Lipinski definition) is 1. The third-order valence-electron chi connectivity index (χ3n) is 4.89. The quantitative estimate of drug-likeness (QED) is 0.639. The van der Waals surface area contributed by atoms with Gasteiger partial charge in [0.25, 0.3) is 0 Å². The van der Waals surface area contributed by atoms with Crippen molar-refractivity contribution in [3.05, 3.63) is 46.8 Å². The van der Waals surface area contributed by atoms with E-state index in [4.69, 9.17) is 9.47 Å². The number of ether oxygens (including phenoxy) is 2. The molecule has 2 aliphatic rings. The number of carbonyl (C=O) groups excluding carboxylic acids is 3. The standard InChI is InChI=1S/C19H19N3O5/c1-11-5-14(15(23)9-22-18(24)7-20-19(22)25)12(2)21(11)8-13-3-4-16-17(6-13)27-10-26-16/h3-6H,7-10H2,1-2H3,(H,20,25). The van der Waals surface area contributed by atoms with Crippen LogP contribution in [-0.2, 0) is 11.3 Å². The lowest BCUT2D eigenvalue weighted by atomic mass is 10.1. The van der Waals surface area contributed by atoms with Crippen molar-refractivity contribution in [2.45, 2.75) is 20.4 Å². The van der Waals surface area contributed by atoms with Crippen LogP contribution in [0.15, 0.2) is 24.3 Å². The Morgan fingerprint density at radius 3 is 2.67 bits per heavy atom. The zero-order chi connectivity index (χ0) is 19.1. The number of fused-ring (bicyclic) bond motifs is 1. The van der Waals surface area contributed by atoms with Crippen molar-refractivity contribution >= 4 is 17.7 Å². The molecule has 27 heavy (non-hydrogen) atoms. The van der Waals surface area contributed by atoms with E-state index in [0.717, 1.165) is 27.6 Å². The molecule has 3 heterocycles. The van der Waals surface area contributed by atoms with E-state index in [1.807, 2.05) is 36.6 Å². The third-order valence-corrected chi connectivity index (χ3v) is 4.89. The van der Waals surface area contributed by atoms with E-state index in [1.165, 1.54) is 0 Å². The minimum absolute atomic E-state index is 0.0603. The minimum Gasteiger partial charge on any atom is -0.454 e. The van der Waals surface area contributed by atoms with Crippen molar-refractivity contribution < 1.29 is 23.9 Å². The highest BCUT2D eigenvalue weighted by Gasteiger charge is 2.31. The average molecular weight is 369 g/mol. The number of amides is 3. The van der Waals surface area contributed by atoms with Gasteiger partial charge in [-0.3, -0.25) is 14.5 Å². The van der Waals surface area contributed by atoms with Gasteiger partial charge in [0.2, 0.25) is 12.7 Å². The van der Waals surface area contributed by atoms with Crippen molar-refractivity contribution in [2.75, 3.05) is 19.9 Å². The zero-order valence-corrected chi connectivity index (χ0v) is 15.1. The summed E-state index contributed by atoms with van der Waals surface area (Å²) in [5.41, 5.74) is 3.25. The van der Waals surface area contributed by atoms with Gasteiger partial charge in [0.1, 0.15) is 0 Å². The van der Waals surface area contributed by atoms with Gasteiger partial charge >= 0.3 is 6.03 Å². The number of imide groups is 1. The molecule has 3 amide bonds. The smallest absolute Gasteiger partial charge is 0.325 e. The van der Waals surface area contributed by atoms with Gasteiger partial charge in [-0.1, -0.05) is 6.07 Å².